The van der Waals surface area contributed by atoms with Crippen molar-refractivity contribution >= 4 is 9.84 Å². The van der Waals surface area contributed by atoms with Gasteiger partial charge in [0.05, 0.1) is 12.4 Å². The highest BCUT2D eigenvalue weighted by Crippen LogP contribution is 2.29. The second-order valence-electron chi connectivity index (χ2n) is 4.18. The second kappa shape index (κ2) is 4.45. The maximum Gasteiger partial charge on any atom is 0.184 e. The summed E-state index contributed by atoms with van der Waals surface area (Å²) in [5.74, 6) is 0.428. The van der Waals surface area contributed by atoms with Crippen LogP contribution in [0.2, 0.25) is 0 Å². The lowest BCUT2D eigenvalue weighted by atomic mass is 10.1. The minimum Gasteiger partial charge on any atom is -0.495 e. The van der Waals surface area contributed by atoms with Gasteiger partial charge < -0.3 is 4.74 Å². The summed E-state index contributed by atoms with van der Waals surface area (Å²) in [6.45, 7) is 7.17. The molecule has 0 N–H and O–H groups in total. The molecule has 0 heterocycles. The Morgan fingerprint density at radius 1 is 1.12 bits per heavy atom. The maximum atomic E-state index is 12.1. The Morgan fingerprint density at radius 3 is 2.06 bits per heavy atom. The van der Waals surface area contributed by atoms with Crippen molar-refractivity contribution < 1.29 is 13.2 Å². The van der Waals surface area contributed by atoms with Crippen LogP contribution >= 0.6 is 0 Å². The standard InChI is InChI=1S/C12H18O3S/c1-8(2)16(13,14)12-7-10(4)9(3)6-11(12)15-5/h6-8H,1-5H3. The number of sulfone groups is 1. The van der Waals surface area contributed by atoms with Gasteiger partial charge in [0.2, 0.25) is 0 Å². The highest BCUT2D eigenvalue weighted by Gasteiger charge is 2.24. The van der Waals surface area contributed by atoms with Gasteiger partial charge in [-0.25, -0.2) is 8.42 Å². The molecule has 90 valence electrons. The minimum absolute atomic E-state index is 0.285. The minimum atomic E-state index is -3.28. The summed E-state index contributed by atoms with van der Waals surface area (Å²) < 4.78 is 29.3. The summed E-state index contributed by atoms with van der Waals surface area (Å²) in [4.78, 5) is 0.285. The van der Waals surface area contributed by atoms with E-state index in [-0.39, 0.29) is 4.90 Å². The molecule has 0 aliphatic heterocycles. The van der Waals surface area contributed by atoms with Gasteiger partial charge >= 0.3 is 0 Å². The molecule has 0 saturated carbocycles. The molecule has 0 radical (unpaired) electrons. The maximum absolute atomic E-state index is 12.1. The third kappa shape index (κ3) is 2.21. The molecule has 0 aliphatic rings. The van der Waals surface area contributed by atoms with Crippen molar-refractivity contribution in [2.45, 2.75) is 37.8 Å². The van der Waals surface area contributed by atoms with Gasteiger partial charge in [0, 0.05) is 0 Å². The van der Waals surface area contributed by atoms with Crippen molar-refractivity contribution in [1.82, 2.24) is 0 Å². The van der Waals surface area contributed by atoms with Crippen molar-refractivity contribution in [1.29, 1.82) is 0 Å². The molecular formula is C12H18O3S. The summed E-state index contributed by atoms with van der Waals surface area (Å²) in [5, 5.41) is -0.441. The van der Waals surface area contributed by atoms with E-state index < -0.39 is 15.1 Å². The van der Waals surface area contributed by atoms with E-state index >= 15 is 0 Å². The van der Waals surface area contributed by atoms with Crippen LogP contribution in [0, 0.1) is 13.8 Å². The third-order valence-electron chi connectivity index (χ3n) is 2.71. The molecule has 0 atom stereocenters. The zero-order valence-electron chi connectivity index (χ0n) is 10.4. The lowest BCUT2D eigenvalue weighted by Gasteiger charge is -2.14. The van der Waals surface area contributed by atoms with Gasteiger partial charge in [0.1, 0.15) is 10.6 Å². The number of hydrogen-bond acceptors (Lipinski definition) is 3. The van der Waals surface area contributed by atoms with E-state index in [0.717, 1.165) is 11.1 Å². The molecule has 0 fully saturated rings. The van der Waals surface area contributed by atoms with E-state index in [1.54, 1.807) is 26.0 Å². The topological polar surface area (TPSA) is 43.4 Å². The lowest BCUT2D eigenvalue weighted by molar-refractivity contribution is 0.402. The first-order valence-corrected chi connectivity index (χ1v) is 6.74. The molecule has 0 aliphatic carbocycles. The second-order valence-corrected chi connectivity index (χ2v) is 6.65. The largest absolute Gasteiger partial charge is 0.495 e. The Labute approximate surface area is 97.4 Å². The Kier molecular flexibility index (Phi) is 3.63. The fourth-order valence-electron chi connectivity index (χ4n) is 1.40. The van der Waals surface area contributed by atoms with Crippen molar-refractivity contribution in [2.24, 2.45) is 0 Å². The van der Waals surface area contributed by atoms with Gasteiger partial charge in [0.15, 0.2) is 9.84 Å². The Morgan fingerprint density at radius 2 is 1.62 bits per heavy atom. The van der Waals surface area contributed by atoms with Crippen LogP contribution in [0.25, 0.3) is 0 Å². The summed E-state index contributed by atoms with van der Waals surface area (Å²) in [5.41, 5.74) is 1.99. The van der Waals surface area contributed by atoms with E-state index in [1.807, 2.05) is 13.8 Å². The van der Waals surface area contributed by atoms with E-state index in [9.17, 15) is 8.42 Å². The van der Waals surface area contributed by atoms with Crippen LogP contribution in [-0.2, 0) is 9.84 Å². The Balaban J connectivity index is 3.50. The van der Waals surface area contributed by atoms with Gasteiger partial charge in [-0.15, -0.1) is 0 Å². The van der Waals surface area contributed by atoms with Gasteiger partial charge in [-0.3, -0.25) is 0 Å². The van der Waals surface area contributed by atoms with Crippen LogP contribution in [0.1, 0.15) is 25.0 Å². The first-order chi connectivity index (χ1) is 7.30. The van der Waals surface area contributed by atoms with Crippen LogP contribution in [0.5, 0.6) is 5.75 Å². The van der Waals surface area contributed by atoms with Gasteiger partial charge in [-0.1, -0.05) is 0 Å². The zero-order valence-corrected chi connectivity index (χ0v) is 11.2. The molecule has 4 heteroatoms. The Bertz CT molecular complexity index is 487. The molecule has 1 rings (SSSR count). The predicted octanol–water partition coefficient (Wildman–Crippen LogP) is 2.49. The van der Waals surface area contributed by atoms with Crippen LogP contribution < -0.4 is 4.74 Å². The first-order valence-electron chi connectivity index (χ1n) is 5.19. The van der Waals surface area contributed by atoms with E-state index in [0.29, 0.717) is 5.75 Å². The molecule has 0 aromatic heterocycles. The van der Waals surface area contributed by atoms with Crippen molar-refractivity contribution in [3.63, 3.8) is 0 Å². The molecule has 0 unspecified atom stereocenters. The van der Waals surface area contributed by atoms with Crippen LogP contribution in [-0.4, -0.2) is 20.8 Å². The van der Waals surface area contributed by atoms with E-state index in [1.165, 1.54) is 7.11 Å². The van der Waals surface area contributed by atoms with Gasteiger partial charge in [-0.2, -0.15) is 0 Å². The predicted molar refractivity (Wildman–Crippen MR) is 64.8 cm³/mol. The number of aryl methyl sites for hydroxylation is 2. The molecule has 1 aromatic carbocycles. The highest BCUT2D eigenvalue weighted by atomic mass is 32.2. The van der Waals surface area contributed by atoms with E-state index in [4.69, 9.17) is 4.74 Å². The number of rotatable bonds is 3. The quantitative estimate of drug-likeness (QED) is 0.818. The summed E-state index contributed by atoms with van der Waals surface area (Å²) >= 11 is 0. The molecule has 1 aromatic rings. The number of hydrogen-bond donors (Lipinski definition) is 0. The number of benzene rings is 1. The average Bonchev–Trinajstić information content (AvgIpc) is 2.20. The van der Waals surface area contributed by atoms with Crippen LogP contribution in [0.15, 0.2) is 17.0 Å². The van der Waals surface area contributed by atoms with Crippen molar-refractivity contribution in [2.75, 3.05) is 7.11 Å². The number of ether oxygens (including phenoxy) is 1. The lowest BCUT2D eigenvalue weighted by Crippen LogP contribution is -2.15. The van der Waals surface area contributed by atoms with Gasteiger partial charge in [0.25, 0.3) is 0 Å². The fourth-order valence-corrected chi connectivity index (χ4v) is 2.67. The van der Waals surface area contributed by atoms with Gasteiger partial charge in [-0.05, 0) is 51.0 Å². The summed E-state index contributed by atoms with van der Waals surface area (Å²) in [6.07, 6.45) is 0. The monoisotopic (exact) mass is 242 g/mol. The molecule has 16 heavy (non-hydrogen) atoms. The van der Waals surface area contributed by atoms with Crippen molar-refractivity contribution in [3.05, 3.63) is 23.3 Å². The Hall–Kier alpha value is -1.03. The molecule has 0 bridgehead atoms. The molecular weight excluding hydrogens is 224 g/mol. The van der Waals surface area contributed by atoms with Crippen LogP contribution in [0.4, 0.5) is 0 Å². The molecule has 3 nitrogen and oxygen atoms in total. The molecule has 0 saturated heterocycles. The van der Waals surface area contributed by atoms with Crippen LogP contribution in [0.3, 0.4) is 0 Å². The van der Waals surface area contributed by atoms with E-state index in [2.05, 4.69) is 0 Å². The third-order valence-corrected chi connectivity index (χ3v) is 4.88. The van der Waals surface area contributed by atoms with Crippen molar-refractivity contribution in [3.8, 4) is 5.75 Å². The molecule has 0 spiro atoms. The number of methoxy groups -OCH3 is 1. The normalized spacial score (nSPS) is 11.9. The smallest absolute Gasteiger partial charge is 0.184 e. The highest BCUT2D eigenvalue weighted by molar-refractivity contribution is 7.92. The zero-order chi connectivity index (χ0) is 12.5. The summed E-state index contributed by atoms with van der Waals surface area (Å²) in [6, 6.07) is 3.45. The average molecular weight is 242 g/mol. The SMILES string of the molecule is COc1cc(C)c(C)cc1S(=O)(=O)C(C)C. The molecule has 0 amide bonds. The first kappa shape index (κ1) is 13.0. The fraction of sp³-hybridized carbons (Fsp3) is 0.500. The summed E-state index contributed by atoms with van der Waals surface area (Å²) in [7, 11) is -1.79.